The van der Waals surface area contributed by atoms with Gasteiger partial charge in [-0.15, -0.1) is 0 Å². The van der Waals surface area contributed by atoms with E-state index in [4.69, 9.17) is 31.5 Å². The molecule has 0 amide bonds. The van der Waals surface area contributed by atoms with E-state index < -0.39 is 5.97 Å². The molecule has 0 heterocycles. The smallest absolute Gasteiger partial charge is 0.340 e. The van der Waals surface area contributed by atoms with Gasteiger partial charge in [0.15, 0.2) is 0 Å². The van der Waals surface area contributed by atoms with Crippen molar-refractivity contribution in [3.05, 3.63) is 28.8 Å². The van der Waals surface area contributed by atoms with Gasteiger partial charge in [-0.2, -0.15) is 0 Å². The van der Waals surface area contributed by atoms with Crippen molar-refractivity contribution in [1.29, 1.82) is 0 Å². The summed E-state index contributed by atoms with van der Waals surface area (Å²) in [7, 11) is 1.61. The minimum Gasteiger partial charge on any atom is -0.462 e. The molecule has 0 atom stereocenters. The minimum atomic E-state index is -0.453. The number of nitrogens with two attached hydrogens (primary N) is 1. The zero-order chi connectivity index (χ0) is 14.1. The first-order valence-electron chi connectivity index (χ1n) is 5.94. The Bertz CT molecular complexity index is 412. The summed E-state index contributed by atoms with van der Waals surface area (Å²) in [5.74, 6) is -0.453. The quantitative estimate of drug-likeness (QED) is 0.450. The van der Waals surface area contributed by atoms with Crippen molar-refractivity contribution in [3.8, 4) is 0 Å². The Hall–Kier alpha value is -1.30. The van der Waals surface area contributed by atoms with Crippen LogP contribution in [-0.2, 0) is 14.2 Å². The van der Waals surface area contributed by atoms with Gasteiger partial charge in [0.2, 0.25) is 0 Å². The third kappa shape index (κ3) is 5.92. The number of hydrogen-bond acceptors (Lipinski definition) is 5. The van der Waals surface area contributed by atoms with Crippen molar-refractivity contribution in [2.24, 2.45) is 0 Å². The highest BCUT2D eigenvalue weighted by Gasteiger charge is 2.11. The molecule has 0 bridgehead atoms. The van der Waals surface area contributed by atoms with E-state index in [1.54, 1.807) is 19.2 Å². The SMILES string of the molecule is COCCOCCCOC(=O)c1ccc(Cl)cc1N. The van der Waals surface area contributed by atoms with Gasteiger partial charge in [0, 0.05) is 30.8 Å². The number of nitrogen functional groups attached to an aromatic ring is 1. The minimum absolute atomic E-state index is 0.286. The van der Waals surface area contributed by atoms with Crippen molar-refractivity contribution in [2.75, 3.05) is 39.3 Å². The van der Waals surface area contributed by atoms with Gasteiger partial charge in [0.05, 0.1) is 25.4 Å². The molecular formula is C13H18ClNO4. The number of halogens is 1. The van der Waals surface area contributed by atoms with Gasteiger partial charge >= 0.3 is 5.97 Å². The Balaban J connectivity index is 2.24. The number of methoxy groups -OCH3 is 1. The van der Waals surface area contributed by atoms with Gasteiger partial charge in [-0.3, -0.25) is 0 Å². The van der Waals surface area contributed by atoms with Crippen molar-refractivity contribution < 1.29 is 19.0 Å². The Labute approximate surface area is 117 Å². The molecule has 0 unspecified atom stereocenters. The molecule has 0 radical (unpaired) electrons. The summed E-state index contributed by atoms with van der Waals surface area (Å²) in [5, 5.41) is 0.487. The van der Waals surface area contributed by atoms with E-state index in [1.807, 2.05) is 0 Å². The summed E-state index contributed by atoms with van der Waals surface area (Å²) in [6, 6.07) is 4.67. The average Bonchev–Trinajstić information content (AvgIpc) is 2.37. The van der Waals surface area contributed by atoms with Crippen molar-refractivity contribution in [3.63, 3.8) is 0 Å². The van der Waals surface area contributed by atoms with Crippen LogP contribution in [-0.4, -0.2) is 39.5 Å². The molecule has 0 fully saturated rings. The standard InChI is InChI=1S/C13H18ClNO4/c1-17-7-8-18-5-2-6-19-13(16)11-4-3-10(14)9-12(11)15/h3-4,9H,2,5-8,15H2,1H3. The second-order valence-electron chi connectivity index (χ2n) is 3.83. The number of ether oxygens (including phenoxy) is 3. The predicted octanol–water partition coefficient (Wildman–Crippen LogP) is 2.13. The molecule has 6 heteroatoms. The molecule has 0 spiro atoms. The fourth-order valence-electron chi connectivity index (χ4n) is 1.37. The number of carbonyl (C=O) groups is 1. The second kappa shape index (κ2) is 8.74. The molecule has 0 aliphatic heterocycles. The van der Waals surface area contributed by atoms with Gasteiger partial charge in [0.25, 0.3) is 0 Å². The van der Waals surface area contributed by atoms with Crippen LogP contribution in [0.3, 0.4) is 0 Å². The maximum atomic E-state index is 11.7. The summed E-state index contributed by atoms with van der Waals surface area (Å²) >= 11 is 5.75. The van der Waals surface area contributed by atoms with E-state index in [-0.39, 0.29) is 6.61 Å². The van der Waals surface area contributed by atoms with Crippen molar-refractivity contribution in [1.82, 2.24) is 0 Å². The number of carbonyl (C=O) groups excluding carboxylic acids is 1. The zero-order valence-corrected chi connectivity index (χ0v) is 11.6. The zero-order valence-electron chi connectivity index (χ0n) is 10.9. The number of anilines is 1. The average molecular weight is 288 g/mol. The highest BCUT2D eigenvalue weighted by atomic mass is 35.5. The summed E-state index contributed by atoms with van der Waals surface area (Å²) in [4.78, 5) is 11.7. The van der Waals surface area contributed by atoms with Crippen LogP contribution in [0.15, 0.2) is 18.2 Å². The highest BCUT2D eigenvalue weighted by molar-refractivity contribution is 6.31. The number of hydrogen-bond donors (Lipinski definition) is 1. The van der Waals surface area contributed by atoms with Gasteiger partial charge < -0.3 is 19.9 Å². The summed E-state index contributed by atoms with van der Waals surface area (Å²) < 4.78 is 15.2. The van der Waals surface area contributed by atoms with Crippen molar-refractivity contribution >= 4 is 23.3 Å². The Kier molecular flexibility index (Phi) is 7.25. The highest BCUT2D eigenvalue weighted by Crippen LogP contribution is 2.18. The maximum Gasteiger partial charge on any atom is 0.340 e. The first-order chi connectivity index (χ1) is 9.15. The molecule has 1 aromatic rings. The third-order valence-electron chi connectivity index (χ3n) is 2.33. The molecule has 0 aromatic heterocycles. The molecule has 0 aliphatic carbocycles. The topological polar surface area (TPSA) is 70.8 Å². The largest absolute Gasteiger partial charge is 0.462 e. The van der Waals surface area contributed by atoms with Crippen LogP contribution in [0.2, 0.25) is 5.02 Å². The summed E-state index contributed by atoms with van der Waals surface area (Å²) in [5.41, 5.74) is 6.32. The van der Waals surface area contributed by atoms with Crippen LogP contribution in [0.25, 0.3) is 0 Å². The fourth-order valence-corrected chi connectivity index (χ4v) is 1.55. The van der Waals surface area contributed by atoms with E-state index in [0.29, 0.717) is 42.5 Å². The van der Waals surface area contributed by atoms with Gasteiger partial charge in [-0.25, -0.2) is 4.79 Å². The van der Waals surface area contributed by atoms with E-state index >= 15 is 0 Å². The molecule has 106 valence electrons. The van der Waals surface area contributed by atoms with Crippen LogP contribution in [0.1, 0.15) is 16.8 Å². The summed E-state index contributed by atoms with van der Waals surface area (Å²) in [6.07, 6.45) is 0.628. The van der Waals surface area contributed by atoms with E-state index in [9.17, 15) is 4.79 Å². The lowest BCUT2D eigenvalue weighted by molar-refractivity contribution is 0.0386. The van der Waals surface area contributed by atoms with Crippen LogP contribution in [0.5, 0.6) is 0 Å². The van der Waals surface area contributed by atoms with Crippen LogP contribution in [0, 0.1) is 0 Å². The Morgan fingerprint density at radius 2 is 2.05 bits per heavy atom. The van der Waals surface area contributed by atoms with E-state index in [1.165, 1.54) is 6.07 Å². The first kappa shape index (κ1) is 15.8. The molecule has 5 nitrogen and oxygen atoms in total. The lowest BCUT2D eigenvalue weighted by Gasteiger charge is -2.07. The van der Waals surface area contributed by atoms with Crippen molar-refractivity contribution in [2.45, 2.75) is 6.42 Å². The van der Waals surface area contributed by atoms with Crippen LogP contribution < -0.4 is 5.73 Å². The number of esters is 1. The van der Waals surface area contributed by atoms with Gasteiger partial charge in [-0.1, -0.05) is 11.6 Å². The molecule has 0 aliphatic rings. The van der Waals surface area contributed by atoms with Gasteiger partial charge in [0.1, 0.15) is 0 Å². The second-order valence-corrected chi connectivity index (χ2v) is 4.26. The molecule has 1 rings (SSSR count). The van der Waals surface area contributed by atoms with E-state index in [2.05, 4.69) is 0 Å². The third-order valence-corrected chi connectivity index (χ3v) is 2.57. The molecule has 19 heavy (non-hydrogen) atoms. The molecular weight excluding hydrogens is 270 g/mol. The Morgan fingerprint density at radius 3 is 2.74 bits per heavy atom. The lowest BCUT2D eigenvalue weighted by Crippen LogP contribution is -2.11. The molecule has 0 saturated carbocycles. The first-order valence-corrected chi connectivity index (χ1v) is 6.31. The normalized spacial score (nSPS) is 10.4. The lowest BCUT2D eigenvalue weighted by atomic mass is 10.2. The predicted molar refractivity (Wildman–Crippen MR) is 73.5 cm³/mol. The maximum absolute atomic E-state index is 11.7. The summed E-state index contributed by atoms with van der Waals surface area (Å²) in [6.45, 7) is 1.90. The molecule has 2 N–H and O–H groups in total. The molecule has 1 aromatic carbocycles. The monoisotopic (exact) mass is 287 g/mol. The van der Waals surface area contributed by atoms with E-state index in [0.717, 1.165) is 0 Å². The Morgan fingerprint density at radius 1 is 1.26 bits per heavy atom. The van der Waals surface area contributed by atoms with Crippen LogP contribution in [0.4, 0.5) is 5.69 Å². The number of rotatable bonds is 8. The fraction of sp³-hybridized carbons (Fsp3) is 0.462. The number of benzene rings is 1. The van der Waals surface area contributed by atoms with Crippen LogP contribution >= 0.6 is 11.6 Å². The molecule has 0 saturated heterocycles. The van der Waals surface area contributed by atoms with Gasteiger partial charge in [-0.05, 0) is 18.2 Å².